The minimum absolute atomic E-state index is 0.515. The van der Waals surface area contributed by atoms with E-state index in [1.165, 1.54) is 5.39 Å². The Morgan fingerprint density at radius 1 is 1.53 bits per heavy atom. The first-order valence-electron chi connectivity index (χ1n) is 5.94. The van der Waals surface area contributed by atoms with Gasteiger partial charge in [0.2, 0.25) is 0 Å². The summed E-state index contributed by atoms with van der Waals surface area (Å²) >= 11 is 1.67. The molecule has 2 atom stereocenters. The predicted molar refractivity (Wildman–Crippen MR) is 71.4 cm³/mol. The predicted octanol–water partition coefficient (Wildman–Crippen LogP) is 1.86. The Balaban J connectivity index is 2.01. The maximum atomic E-state index is 5.77. The molecule has 0 aromatic carbocycles. The summed E-state index contributed by atoms with van der Waals surface area (Å²) in [5.41, 5.74) is 5.77. The van der Waals surface area contributed by atoms with Crippen LogP contribution in [-0.4, -0.2) is 29.1 Å². The van der Waals surface area contributed by atoms with Gasteiger partial charge in [0.05, 0.1) is 5.39 Å². The molecule has 3 heterocycles. The Morgan fingerprint density at radius 2 is 2.41 bits per heavy atom. The van der Waals surface area contributed by atoms with Crippen LogP contribution >= 0.6 is 11.3 Å². The van der Waals surface area contributed by atoms with Crippen LogP contribution in [0.4, 0.5) is 5.82 Å². The lowest BCUT2D eigenvalue weighted by molar-refractivity contribution is 0.579. The van der Waals surface area contributed by atoms with E-state index in [-0.39, 0.29) is 0 Å². The lowest BCUT2D eigenvalue weighted by atomic mass is 10.1. The van der Waals surface area contributed by atoms with Crippen LogP contribution < -0.4 is 10.6 Å². The van der Waals surface area contributed by atoms with Gasteiger partial charge in [0.1, 0.15) is 17.0 Å². The third-order valence-corrected chi connectivity index (χ3v) is 4.33. The van der Waals surface area contributed by atoms with Crippen LogP contribution in [0.5, 0.6) is 0 Å². The third-order valence-electron chi connectivity index (χ3n) is 3.51. The molecule has 5 heteroatoms. The molecule has 2 aromatic heterocycles. The molecule has 1 saturated heterocycles. The van der Waals surface area contributed by atoms with Gasteiger partial charge in [0, 0.05) is 12.6 Å². The standard InChI is InChI=1S/C12H16N4S/c1-8-4-9(5-13)6-16(8)11-10-2-3-17-12(10)15-7-14-11/h2-3,7-9H,4-6,13H2,1H3. The molecular weight excluding hydrogens is 232 g/mol. The van der Waals surface area contributed by atoms with E-state index in [0.717, 1.165) is 30.2 Å². The third kappa shape index (κ3) is 1.79. The Bertz CT molecular complexity index is 524. The van der Waals surface area contributed by atoms with Gasteiger partial charge in [0.25, 0.3) is 0 Å². The molecule has 0 spiro atoms. The summed E-state index contributed by atoms with van der Waals surface area (Å²) in [5, 5.41) is 3.24. The number of hydrogen-bond acceptors (Lipinski definition) is 5. The highest BCUT2D eigenvalue weighted by atomic mass is 32.1. The molecule has 90 valence electrons. The highest BCUT2D eigenvalue weighted by molar-refractivity contribution is 7.16. The highest BCUT2D eigenvalue weighted by Gasteiger charge is 2.30. The largest absolute Gasteiger partial charge is 0.353 e. The maximum absolute atomic E-state index is 5.77. The van der Waals surface area contributed by atoms with E-state index in [1.54, 1.807) is 17.7 Å². The van der Waals surface area contributed by atoms with Crippen molar-refractivity contribution < 1.29 is 0 Å². The van der Waals surface area contributed by atoms with Gasteiger partial charge in [-0.1, -0.05) is 0 Å². The number of nitrogens with two attached hydrogens (primary N) is 1. The Hall–Kier alpha value is -1.20. The van der Waals surface area contributed by atoms with Crippen LogP contribution in [0.25, 0.3) is 10.2 Å². The fraction of sp³-hybridized carbons (Fsp3) is 0.500. The van der Waals surface area contributed by atoms with Crippen LogP contribution in [0.1, 0.15) is 13.3 Å². The van der Waals surface area contributed by atoms with Crippen molar-refractivity contribution in [2.24, 2.45) is 11.7 Å². The molecule has 1 aliphatic heterocycles. The van der Waals surface area contributed by atoms with Crippen LogP contribution in [0.2, 0.25) is 0 Å². The van der Waals surface area contributed by atoms with Crippen LogP contribution in [0, 0.1) is 5.92 Å². The topological polar surface area (TPSA) is 55.0 Å². The monoisotopic (exact) mass is 248 g/mol. The highest BCUT2D eigenvalue weighted by Crippen LogP contribution is 2.33. The second-order valence-electron chi connectivity index (χ2n) is 4.68. The van der Waals surface area contributed by atoms with Crippen molar-refractivity contribution in [1.82, 2.24) is 9.97 Å². The van der Waals surface area contributed by atoms with Gasteiger partial charge in [0.15, 0.2) is 0 Å². The minimum atomic E-state index is 0.515. The summed E-state index contributed by atoms with van der Waals surface area (Å²) in [6.45, 7) is 4.02. The molecule has 3 rings (SSSR count). The molecule has 0 bridgehead atoms. The van der Waals surface area contributed by atoms with Crippen molar-refractivity contribution in [3.63, 3.8) is 0 Å². The van der Waals surface area contributed by atoms with E-state index in [9.17, 15) is 0 Å². The average Bonchev–Trinajstić information content (AvgIpc) is 2.94. The Labute approximate surface area is 104 Å². The number of thiophene rings is 1. The molecule has 0 radical (unpaired) electrons. The number of aromatic nitrogens is 2. The first kappa shape index (κ1) is 10.9. The van der Waals surface area contributed by atoms with E-state index < -0.39 is 0 Å². The van der Waals surface area contributed by atoms with Crippen LogP contribution in [-0.2, 0) is 0 Å². The molecule has 2 unspecified atom stereocenters. The molecule has 2 aromatic rings. The van der Waals surface area contributed by atoms with Gasteiger partial charge in [-0.25, -0.2) is 9.97 Å². The zero-order chi connectivity index (χ0) is 11.8. The zero-order valence-electron chi connectivity index (χ0n) is 9.84. The quantitative estimate of drug-likeness (QED) is 0.881. The Kier molecular flexibility index (Phi) is 2.72. The SMILES string of the molecule is CC1CC(CN)CN1c1ncnc2sccc12. The van der Waals surface area contributed by atoms with E-state index in [2.05, 4.69) is 33.2 Å². The maximum Gasteiger partial charge on any atom is 0.141 e. The number of rotatable bonds is 2. The second kappa shape index (κ2) is 4.23. The number of anilines is 1. The lowest BCUT2D eigenvalue weighted by Crippen LogP contribution is -2.28. The van der Waals surface area contributed by atoms with Crippen molar-refractivity contribution in [1.29, 1.82) is 0 Å². The van der Waals surface area contributed by atoms with E-state index in [4.69, 9.17) is 5.73 Å². The average molecular weight is 248 g/mol. The summed E-state index contributed by atoms with van der Waals surface area (Å²) in [6.07, 6.45) is 2.82. The molecular formula is C12H16N4S. The summed E-state index contributed by atoms with van der Waals surface area (Å²) in [7, 11) is 0. The smallest absolute Gasteiger partial charge is 0.141 e. The minimum Gasteiger partial charge on any atom is -0.353 e. The van der Waals surface area contributed by atoms with Gasteiger partial charge in [-0.05, 0) is 37.3 Å². The van der Waals surface area contributed by atoms with Gasteiger partial charge in [-0.15, -0.1) is 11.3 Å². The lowest BCUT2D eigenvalue weighted by Gasteiger charge is -2.23. The number of fused-ring (bicyclic) bond motifs is 1. The molecule has 1 fully saturated rings. The van der Waals surface area contributed by atoms with Crippen molar-refractivity contribution in [2.45, 2.75) is 19.4 Å². The second-order valence-corrected chi connectivity index (χ2v) is 5.57. The number of hydrogen-bond donors (Lipinski definition) is 1. The zero-order valence-corrected chi connectivity index (χ0v) is 10.7. The summed E-state index contributed by atoms with van der Waals surface area (Å²) in [4.78, 5) is 12.2. The summed E-state index contributed by atoms with van der Waals surface area (Å²) < 4.78 is 0. The Morgan fingerprint density at radius 3 is 3.18 bits per heavy atom. The molecule has 0 saturated carbocycles. The van der Waals surface area contributed by atoms with Crippen molar-refractivity contribution in [2.75, 3.05) is 18.0 Å². The van der Waals surface area contributed by atoms with Crippen molar-refractivity contribution in [3.05, 3.63) is 17.8 Å². The molecule has 1 aliphatic rings. The molecule has 0 aliphatic carbocycles. The first-order valence-corrected chi connectivity index (χ1v) is 6.82. The fourth-order valence-corrected chi connectivity index (χ4v) is 3.34. The van der Waals surface area contributed by atoms with E-state index in [0.29, 0.717) is 12.0 Å². The molecule has 17 heavy (non-hydrogen) atoms. The van der Waals surface area contributed by atoms with Gasteiger partial charge in [-0.3, -0.25) is 0 Å². The molecule has 2 N–H and O–H groups in total. The van der Waals surface area contributed by atoms with Crippen molar-refractivity contribution >= 4 is 27.4 Å². The summed E-state index contributed by atoms with van der Waals surface area (Å²) in [5.74, 6) is 1.66. The fourth-order valence-electron chi connectivity index (χ4n) is 2.61. The first-order chi connectivity index (χ1) is 8.29. The van der Waals surface area contributed by atoms with E-state index in [1.807, 2.05) is 0 Å². The molecule has 0 amide bonds. The van der Waals surface area contributed by atoms with Gasteiger partial charge < -0.3 is 10.6 Å². The van der Waals surface area contributed by atoms with Crippen LogP contribution in [0.15, 0.2) is 17.8 Å². The van der Waals surface area contributed by atoms with Crippen molar-refractivity contribution in [3.8, 4) is 0 Å². The van der Waals surface area contributed by atoms with Crippen LogP contribution in [0.3, 0.4) is 0 Å². The normalized spacial score (nSPS) is 24.7. The van der Waals surface area contributed by atoms with Gasteiger partial charge >= 0.3 is 0 Å². The molecule has 4 nitrogen and oxygen atoms in total. The van der Waals surface area contributed by atoms with Gasteiger partial charge in [-0.2, -0.15) is 0 Å². The number of nitrogens with zero attached hydrogens (tertiary/aromatic N) is 3. The van der Waals surface area contributed by atoms with E-state index >= 15 is 0 Å². The summed E-state index contributed by atoms with van der Waals surface area (Å²) in [6, 6.07) is 2.62.